The van der Waals surface area contributed by atoms with E-state index >= 15 is 0 Å². The Morgan fingerprint density at radius 1 is 1.18 bits per heavy atom. The van der Waals surface area contributed by atoms with Gasteiger partial charge in [0.25, 0.3) is 0 Å². The van der Waals surface area contributed by atoms with E-state index in [1.807, 2.05) is 6.92 Å². The largest absolute Gasteiger partial charge is 0.494 e. The van der Waals surface area contributed by atoms with Gasteiger partial charge in [0, 0.05) is 0 Å². The third-order valence-electron chi connectivity index (χ3n) is 2.44. The highest BCUT2D eigenvalue weighted by molar-refractivity contribution is 5.31. The van der Waals surface area contributed by atoms with Gasteiger partial charge in [-0.25, -0.2) is 0 Å². The highest BCUT2D eigenvalue weighted by Crippen LogP contribution is 2.38. The van der Waals surface area contributed by atoms with Gasteiger partial charge in [-0.3, -0.25) is 0 Å². The van der Waals surface area contributed by atoms with Crippen LogP contribution in [0.4, 0.5) is 13.2 Å². The smallest absolute Gasteiger partial charge is 0.421 e. The highest BCUT2D eigenvalue weighted by Gasteiger charge is 2.51. The van der Waals surface area contributed by atoms with Crippen LogP contribution in [0.5, 0.6) is 5.75 Å². The molecule has 1 N–H and O–H groups in total. The summed E-state index contributed by atoms with van der Waals surface area (Å²) in [5.74, 6) is 0.494. The highest BCUT2D eigenvalue weighted by atomic mass is 19.4. The normalized spacial score (nSPS) is 15.4. The van der Waals surface area contributed by atoms with Gasteiger partial charge in [0.15, 0.2) is 5.60 Å². The Bertz CT molecular complexity index is 355. The summed E-state index contributed by atoms with van der Waals surface area (Å²) in [6.07, 6.45) is -3.87. The Hall–Kier alpha value is -1.23. The lowest BCUT2D eigenvalue weighted by atomic mass is 9.95. The minimum absolute atomic E-state index is 0.200. The standard InChI is InChI=1S/C12H15F3O2/c1-3-8-17-10-6-4-9(5-7-10)11(2,16)12(13,14)15/h4-7,16H,3,8H2,1-2H3. The molecule has 0 aromatic heterocycles. The number of hydrogen-bond acceptors (Lipinski definition) is 2. The van der Waals surface area contributed by atoms with Gasteiger partial charge in [-0.2, -0.15) is 13.2 Å². The van der Waals surface area contributed by atoms with Crippen LogP contribution in [0.2, 0.25) is 0 Å². The molecule has 96 valence electrons. The lowest BCUT2D eigenvalue weighted by Crippen LogP contribution is -2.39. The summed E-state index contributed by atoms with van der Waals surface area (Å²) in [5, 5.41) is 9.42. The average Bonchev–Trinajstić information content (AvgIpc) is 2.25. The van der Waals surface area contributed by atoms with Gasteiger partial charge in [-0.1, -0.05) is 19.1 Å². The van der Waals surface area contributed by atoms with Crippen LogP contribution in [0.1, 0.15) is 25.8 Å². The lowest BCUT2D eigenvalue weighted by Gasteiger charge is -2.26. The first-order valence-electron chi connectivity index (χ1n) is 5.31. The predicted octanol–water partition coefficient (Wildman–Crippen LogP) is 3.25. The molecule has 17 heavy (non-hydrogen) atoms. The Balaban J connectivity index is 2.87. The van der Waals surface area contributed by atoms with Crippen molar-refractivity contribution in [2.75, 3.05) is 6.61 Å². The van der Waals surface area contributed by atoms with Crippen LogP contribution in [-0.4, -0.2) is 17.9 Å². The molecule has 1 atom stereocenters. The molecule has 0 heterocycles. The summed E-state index contributed by atoms with van der Waals surface area (Å²) in [6, 6.07) is 5.29. The fourth-order valence-electron chi connectivity index (χ4n) is 1.26. The van der Waals surface area contributed by atoms with Crippen molar-refractivity contribution in [1.82, 2.24) is 0 Å². The van der Waals surface area contributed by atoms with Crippen molar-refractivity contribution in [2.45, 2.75) is 32.0 Å². The molecule has 0 aliphatic carbocycles. The first-order chi connectivity index (χ1) is 7.79. The second kappa shape index (κ2) is 4.96. The molecule has 0 spiro atoms. The fraction of sp³-hybridized carbons (Fsp3) is 0.500. The van der Waals surface area contributed by atoms with Crippen LogP contribution in [0.25, 0.3) is 0 Å². The summed E-state index contributed by atoms with van der Waals surface area (Å²) in [7, 11) is 0. The van der Waals surface area contributed by atoms with Crippen molar-refractivity contribution in [3.8, 4) is 5.75 Å². The van der Waals surface area contributed by atoms with Crippen molar-refractivity contribution in [3.05, 3.63) is 29.8 Å². The molecule has 0 aliphatic rings. The third-order valence-corrected chi connectivity index (χ3v) is 2.44. The lowest BCUT2D eigenvalue weighted by molar-refractivity contribution is -0.258. The molecular weight excluding hydrogens is 233 g/mol. The van der Waals surface area contributed by atoms with Crippen LogP contribution in [0.15, 0.2) is 24.3 Å². The minimum atomic E-state index is -4.70. The Morgan fingerprint density at radius 2 is 1.71 bits per heavy atom. The maximum absolute atomic E-state index is 12.5. The van der Waals surface area contributed by atoms with E-state index in [0.29, 0.717) is 12.4 Å². The van der Waals surface area contributed by atoms with E-state index in [1.165, 1.54) is 24.3 Å². The van der Waals surface area contributed by atoms with Crippen molar-refractivity contribution in [1.29, 1.82) is 0 Å². The number of halogens is 3. The van der Waals surface area contributed by atoms with Gasteiger partial charge in [-0.15, -0.1) is 0 Å². The fourth-order valence-corrected chi connectivity index (χ4v) is 1.26. The number of rotatable bonds is 4. The first kappa shape index (κ1) is 13.8. The molecule has 0 saturated heterocycles. The number of benzene rings is 1. The van der Waals surface area contributed by atoms with Crippen LogP contribution < -0.4 is 4.74 Å². The van der Waals surface area contributed by atoms with E-state index in [-0.39, 0.29) is 5.56 Å². The molecule has 5 heteroatoms. The minimum Gasteiger partial charge on any atom is -0.494 e. The monoisotopic (exact) mass is 248 g/mol. The molecule has 0 aliphatic heterocycles. The molecule has 0 saturated carbocycles. The van der Waals surface area contributed by atoms with E-state index in [9.17, 15) is 18.3 Å². The molecule has 1 aromatic rings. The second-order valence-corrected chi connectivity index (χ2v) is 3.94. The number of alkyl halides is 3. The van der Waals surface area contributed by atoms with Gasteiger partial charge >= 0.3 is 6.18 Å². The second-order valence-electron chi connectivity index (χ2n) is 3.94. The molecular formula is C12H15F3O2. The number of aliphatic hydroxyl groups is 1. The Morgan fingerprint density at radius 3 is 2.12 bits per heavy atom. The van der Waals surface area contributed by atoms with Crippen LogP contribution in [0, 0.1) is 0 Å². The zero-order valence-corrected chi connectivity index (χ0v) is 9.71. The van der Waals surface area contributed by atoms with Crippen molar-refractivity contribution in [2.24, 2.45) is 0 Å². The van der Waals surface area contributed by atoms with E-state index in [4.69, 9.17) is 4.74 Å². The van der Waals surface area contributed by atoms with Gasteiger partial charge in [0.2, 0.25) is 0 Å². The Labute approximate surface area is 98.0 Å². The first-order valence-corrected chi connectivity index (χ1v) is 5.31. The van der Waals surface area contributed by atoms with Gasteiger partial charge in [-0.05, 0) is 31.0 Å². The maximum Gasteiger partial charge on any atom is 0.421 e. The average molecular weight is 248 g/mol. The van der Waals surface area contributed by atoms with Crippen molar-refractivity contribution >= 4 is 0 Å². The SMILES string of the molecule is CCCOc1ccc(C(C)(O)C(F)(F)F)cc1. The van der Waals surface area contributed by atoms with Crippen LogP contribution in [-0.2, 0) is 5.60 Å². The summed E-state index contributed by atoms with van der Waals surface area (Å²) < 4.78 is 42.9. The van der Waals surface area contributed by atoms with Gasteiger partial charge < -0.3 is 9.84 Å². The van der Waals surface area contributed by atoms with Crippen LogP contribution >= 0.6 is 0 Å². The van der Waals surface area contributed by atoms with Crippen molar-refractivity contribution < 1.29 is 23.0 Å². The summed E-state index contributed by atoms with van der Waals surface area (Å²) in [4.78, 5) is 0. The Kier molecular flexibility index (Phi) is 4.03. The molecule has 2 nitrogen and oxygen atoms in total. The van der Waals surface area contributed by atoms with E-state index in [2.05, 4.69) is 0 Å². The molecule has 0 fully saturated rings. The third kappa shape index (κ3) is 3.12. The zero-order chi connectivity index (χ0) is 13.1. The van der Waals surface area contributed by atoms with Crippen LogP contribution in [0.3, 0.4) is 0 Å². The summed E-state index contributed by atoms with van der Waals surface area (Å²) in [5.41, 5.74) is -3.04. The zero-order valence-electron chi connectivity index (χ0n) is 9.71. The maximum atomic E-state index is 12.5. The van der Waals surface area contributed by atoms with E-state index in [1.54, 1.807) is 0 Å². The van der Waals surface area contributed by atoms with Gasteiger partial charge in [0.05, 0.1) is 6.61 Å². The molecule has 1 unspecified atom stereocenters. The number of ether oxygens (including phenoxy) is 1. The molecule has 1 aromatic carbocycles. The molecule has 0 bridgehead atoms. The molecule has 0 amide bonds. The topological polar surface area (TPSA) is 29.5 Å². The quantitative estimate of drug-likeness (QED) is 0.886. The molecule has 1 rings (SSSR count). The number of hydrogen-bond donors (Lipinski definition) is 1. The predicted molar refractivity (Wildman–Crippen MR) is 57.9 cm³/mol. The van der Waals surface area contributed by atoms with Crippen molar-refractivity contribution in [3.63, 3.8) is 0 Å². The summed E-state index contributed by atoms with van der Waals surface area (Å²) >= 11 is 0. The van der Waals surface area contributed by atoms with E-state index < -0.39 is 11.8 Å². The molecule has 0 radical (unpaired) electrons. The van der Waals surface area contributed by atoms with Gasteiger partial charge in [0.1, 0.15) is 5.75 Å². The summed E-state index contributed by atoms with van der Waals surface area (Å²) in [6.45, 7) is 3.17. The van der Waals surface area contributed by atoms with E-state index in [0.717, 1.165) is 13.3 Å².